The molecule has 0 aliphatic rings. The van der Waals surface area contributed by atoms with Crippen molar-refractivity contribution in [3.8, 4) is 0 Å². The number of hydrogen-bond acceptors (Lipinski definition) is 6. The van der Waals surface area contributed by atoms with Crippen molar-refractivity contribution in [2.24, 2.45) is 0 Å². The van der Waals surface area contributed by atoms with Gasteiger partial charge in [0, 0.05) is 26.8 Å². The molecule has 9 heteroatoms. The summed E-state index contributed by atoms with van der Waals surface area (Å²) in [5.41, 5.74) is -0.499. The van der Waals surface area contributed by atoms with E-state index in [2.05, 4.69) is 0 Å². The summed E-state index contributed by atoms with van der Waals surface area (Å²) in [5, 5.41) is 20.4. The minimum atomic E-state index is -4.05. The average Bonchev–Trinajstić information content (AvgIpc) is 2.38. The Morgan fingerprint density at radius 2 is 2.05 bits per heavy atom. The lowest BCUT2D eigenvalue weighted by molar-refractivity contribution is -0.387. The second-order valence-corrected chi connectivity index (χ2v) is 6.13. The molecule has 1 aromatic rings. The van der Waals surface area contributed by atoms with Gasteiger partial charge in [-0.1, -0.05) is 12.1 Å². The van der Waals surface area contributed by atoms with Crippen LogP contribution in [0, 0.1) is 10.1 Å². The number of para-hydroxylation sites is 1. The first-order chi connectivity index (χ1) is 9.30. The maximum atomic E-state index is 12.3. The lowest BCUT2D eigenvalue weighted by Crippen LogP contribution is -2.36. The highest BCUT2D eigenvalue weighted by Gasteiger charge is 2.30. The van der Waals surface area contributed by atoms with Crippen LogP contribution < -0.4 is 0 Å². The summed E-state index contributed by atoms with van der Waals surface area (Å²) >= 11 is 0. The third-order valence-electron chi connectivity index (χ3n) is 2.58. The summed E-state index contributed by atoms with van der Waals surface area (Å²) < 4.78 is 30.1. The summed E-state index contributed by atoms with van der Waals surface area (Å²) in [6.07, 6.45) is -1.01. The van der Waals surface area contributed by atoms with Crippen molar-refractivity contribution in [1.29, 1.82) is 0 Å². The Morgan fingerprint density at radius 1 is 1.45 bits per heavy atom. The lowest BCUT2D eigenvalue weighted by Gasteiger charge is -2.20. The molecule has 8 nitrogen and oxygen atoms in total. The van der Waals surface area contributed by atoms with Gasteiger partial charge >= 0.3 is 0 Å². The fourth-order valence-corrected chi connectivity index (χ4v) is 3.00. The van der Waals surface area contributed by atoms with Gasteiger partial charge in [0.05, 0.1) is 17.6 Å². The maximum absolute atomic E-state index is 12.3. The van der Waals surface area contributed by atoms with Crippen LogP contribution in [0.3, 0.4) is 0 Å². The van der Waals surface area contributed by atoms with Crippen molar-refractivity contribution in [2.75, 3.05) is 27.3 Å². The minimum absolute atomic E-state index is 0.0310. The number of nitrogens with zero attached hydrogens (tertiary/aromatic N) is 2. The predicted molar refractivity (Wildman–Crippen MR) is 70.8 cm³/mol. The van der Waals surface area contributed by atoms with Gasteiger partial charge in [-0.3, -0.25) is 10.1 Å². The zero-order chi connectivity index (χ0) is 15.3. The van der Waals surface area contributed by atoms with Gasteiger partial charge in [-0.05, 0) is 6.07 Å². The molecule has 1 unspecified atom stereocenters. The molecule has 0 aliphatic carbocycles. The standard InChI is InChI=1S/C11H16N2O6S/c1-12(7-9(14)8-19-2)20(17,18)11-6-4-3-5-10(11)13(15)16/h3-6,9,14H,7-8H2,1-2H3. The molecule has 0 fully saturated rings. The van der Waals surface area contributed by atoms with E-state index in [4.69, 9.17) is 4.74 Å². The van der Waals surface area contributed by atoms with Gasteiger partial charge in [0.25, 0.3) is 5.69 Å². The van der Waals surface area contributed by atoms with E-state index in [-0.39, 0.29) is 13.2 Å². The molecule has 0 amide bonds. The summed E-state index contributed by atoms with van der Waals surface area (Å²) in [7, 11) is -1.44. The van der Waals surface area contributed by atoms with Crippen LogP contribution in [0.1, 0.15) is 0 Å². The van der Waals surface area contributed by atoms with E-state index >= 15 is 0 Å². The molecule has 1 rings (SSSR count). The van der Waals surface area contributed by atoms with Gasteiger partial charge in [-0.2, -0.15) is 4.31 Å². The van der Waals surface area contributed by atoms with Crippen molar-refractivity contribution in [3.05, 3.63) is 34.4 Å². The number of nitro benzene ring substituents is 1. The quantitative estimate of drug-likeness (QED) is 0.570. The minimum Gasteiger partial charge on any atom is -0.389 e. The first kappa shape index (κ1) is 16.5. The third kappa shape index (κ3) is 3.73. The van der Waals surface area contributed by atoms with Crippen molar-refractivity contribution in [1.82, 2.24) is 4.31 Å². The van der Waals surface area contributed by atoms with Crippen molar-refractivity contribution < 1.29 is 23.2 Å². The third-order valence-corrected chi connectivity index (χ3v) is 4.45. The molecule has 1 N–H and O–H groups in total. The van der Waals surface area contributed by atoms with Crippen molar-refractivity contribution in [2.45, 2.75) is 11.0 Å². The van der Waals surface area contributed by atoms with Gasteiger partial charge in [0.15, 0.2) is 4.90 Å². The number of ether oxygens (including phenoxy) is 1. The zero-order valence-electron chi connectivity index (χ0n) is 11.1. The average molecular weight is 304 g/mol. The Kier molecular flexibility index (Phi) is 5.57. The highest BCUT2D eigenvalue weighted by molar-refractivity contribution is 7.89. The maximum Gasteiger partial charge on any atom is 0.289 e. The second-order valence-electron chi connectivity index (χ2n) is 4.12. The molecule has 0 spiro atoms. The molecule has 0 radical (unpaired) electrons. The largest absolute Gasteiger partial charge is 0.389 e. The van der Waals surface area contributed by atoms with Crippen molar-refractivity contribution >= 4 is 15.7 Å². The Labute approximate surface area is 116 Å². The SMILES string of the molecule is COCC(O)CN(C)S(=O)(=O)c1ccccc1[N+](=O)[O-]. The fraction of sp³-hybridized carbons (Fsp3) is 0.455. The van der Waals surface area contributed by atoms with Crippen LogP contribution in [-0.4, -0.2) is 56.2 Å². The van der Waals surface area contributed by atoms with E-state index in [1.165, 1.54) is 26.3 Å². The second kappa shape index (κ2) is 6.75. The topological polar surface area (TPSA) is 110 Å². The van der Waals surface area contributed by atoms with Crippen LogP contribution in [0.2, 0.25) is 0 Å². The van der Waals surface area contributed by atoms with Gasteiger partial charge in [-0.25, -0.2) is 8.42 Å². The number of aliphatic hydroxyl groups excluding tert-OH is 1. The van der Waals surface area contributed by atoms with E-state index in [1.54, 1.807) is 0 Å². The molecule has 112 valence electrons. The number of nitro groups is 1. The molecule has 20 heavy (non-hydrogen) atoms. The van der Waals surface area contributed by atoms with Gasteiger partial charge < -0.3 is 9.84 Å². The highest BCUT2D eigenvalue weighted by atomic mass is 32.2. The number of aliphatic hydroxyl groups is 1. The highest BCUT2D eigenvalue weighted by Crippen LogP contribution is 2.25. The van der Waals surface area contributed by atoms with Crippen LogP contribution in [0.15, 0.2) is 29.2 Å². The summed E-state index contributed by atoms with van der Waals surface area (Å²) in [6, 6.07) is 5.06. The fourth-order valence-electron chi connectivity index (χ4n) is 1.63. The van der Waals surface area contributed by atoms with Crippen LogP contribution in [0.25, 0.3) is 0 Å². The lowest BCUT2D eigenvalue weighted by atomic mass is 10.3. The number of benzene rings is 1. The Balaban J connectivity index is 3.08. The van der Waals surface area contributed by atoms with Crippen LogP contribution in [0.5, 0.6) is 0 Å². The van der Waals surface area contributed by atoms with E-state index in [9.17, 15) is 23.6 Å². The molecule has 0 aliphatic heterocycles. The normalized spacial score (nSPS) is 13.4. The van der Waals surface area contributed by atoms with E-state index in [1.807, 2.05) is 0 Å². The van der Waals surface area contributed by atoms with Gasteiger partial charge in [0.1, 0.15) is 0 Å². The zero-order valence-corrected chi connectivity index (χ0v) is 11.9. The molecule has 0 saturated heterocycles. The summed E-state index contributed by atoms with van der Waals surface area (Å²) in [5.74, 6) is 0. The molecule has 0 bridgehead atoms. The van der Waals surface area contributed by atoms with Gasteiger partial charge in [-0.15, -0.1) is 0 Å². The Morgan fingerprint density at radius 3 is 2.60 bits per heavy atom. The number of methoxy groups -OCH3 is 1. The number of likely N-dealkylation sites (N-methyl/N-ethyl adjacent to an activating group) is 1. The smallest absolute Gasteiger partial charge is 0.289 e. The van der Waals surface area contributed by atoms with E-state index in [0.717, 1.165) is 16.4 Å². The molecule has 0 heterocycles. The molecular formula is C11H16N2O6S. The molecule has 1 aromatic carbocycles. The molecular weight excluding hydrogens is 288 g/mol. The van der Waals surface area contributed by atoms with Crippen LogP contribution >= 0.6 is 0 Å². The summed E-state index contributed by atoms with van der Waals surface area (Å²) in [6.45, 7) is -0.251. The first-order valence-electron chi connectivity index (χ1n) is 5.67. The van der Waals surface area contributed by atoms with Crippen molar-refractivity contribution in [3.63, 3.8) is 0 Å². The van der Waals surface area contributed by atoms with E-state index in [0.29, 0.717) is 0 Å². The summed E-state index contributed by atoms with van der Waals surface area (Å²) in [4.78, 5) is 9.71. The predicted octanol–water partition coefficient (Wildman–Crippen LogP) is 0.223. The first-order valence-corrected chi connectivity index (χ1v) is 7.11. The Hall–Kier alpha value is -1.55. The monoisotopic (exact) mass is 304 g/mol. The molecule has 1 atom stereocenters. The number of hydrogen-bond donors (Lipinski definition) is 1. The molecule has 0 aromatic heterocycles. The number of sulfonamides is 1. The Bertz CT molecular complexity index is 574. The number of rotatable bonds is 7. The van der Waals surface area contributed by atoms with Crippen LogP contribution in [0.4, 0.5) is 5.69 Å². The van der Waals surface area contributed by atoms with E-state index < -0.39 is 31.6 Å². The van der Waals surface area contributed by atoms with Crippen LogP contribution in [-0.2, 0) is 14.8 Å². The van der Waals surface area contributed by atoms with Gasteiger partial charge in [0.2, 0.25) is 10.0 Å². The molecule has 0 saturated carbocycles.